The molecule has 1 aromatic rings. The van der Waals surface area contributed by atoms with Crippen LogP contribution in [-0.2, 0) is 5.41 Å². The number of benzene rings is 1. The second-order valence-electron chi connectivity index (χ2n) is 6.80. The Kier molecular flexibility index (Phi) is 5.62. The summed E-state index contributed by atoms with van der Waals surface area (Å²) in [5.74, 6) is 0. The van der Waals surface area contributed by atoms with E-state index in [1.54, 1.807) is 0 Å². The third-order valence-corrected chi connectivity index (χ3v) is 4.39. The first-order valence-corrected chi connectivity index (χ1v) is 8.11. The number of hydrogen-bond donors (Lipinski definition) is 1. The molecule has 1 aliphatic rings. The Morgan fingerprint density at radius 2 is 1.75 bits per heavy atom. The number of nitrogens with one attached hydrogen (secondary N) is 1. The fourth-order valence-corrected chi connectivity index (χ4v) is 3.13. The van der Waals surface area contributed by atoms with Crippen LogP contribution < -0.4 is 5.32 Å². The zero-order chi connectivity index (χ0) is 14.4. The minimum atomic E-state index is 0.197. The lowest BCUT2D eigenvalue weighted by Gasteiger charge is -2.38. The van der Waals surface area contributed by atoms with Crippen molar-refractivity contribution in [1.29, 1.82) is 0 Å². The van der Waals surface area contributed by atoms with Crippen molar-refractivity contribution in [3.05, 3.63) is 35.9 Å². The fraction of sp³-hybridized carbons (Fsp3) is 0.667. The maximum absolute atomic E-state index is 3.65. The summed E-state index contributed by atoms with van der Waals surface area (Å²) in [5, 5.41) is 3.65. The van der Waals surface area contributed by atoms with Gasteiger partial charge < -0.3 is 10.2 Å². The van der Waals surface area contributed by atoms with Crippen LogP contribution in [0.15, 0.2) is 30.3 Å². The SMILES string of the molecule is CC(C)NCC(C)(CN1CCCCC1)c1ccccc1. The molecule has 0 spiro atoms. The Morgan fingerprint density at radius 1 is 1.10 bits per heavy atom. The van der Waals surface area contributed by atoms with Gasteiger partial charge >= 0.3 is 0 Å². The van der Waals surface area contributed by atoms with E-state index in [0.717, 1.165) is 13.1 Å². The molecule has 0 amide bonds. The number of hydrogen-bond acceptors (Lipinski definition) is 2. The molecular formula is C18H30N2. The summed E-state index contributed by atoms with van der Waals surface area (Å²) < 4.78 is 0. The van der Waals surface area contributed by atoms with Crippen LogP contribution in [0.2, 0.25) is 0 Å². The highest BCUT2D eigenvalue weighted by atomic mass is 15.1. The Hall–Kier alpha value is -0.860. The van der Waals surface area contributed by atoms with E-state index in [1.165, 1.54) is 37.9 Å². The topological polar surface area (TPSA) is 15.3 Å². The van der Waals surface area contributed by atoms with E-state index in [-0.39, 0.29) is 5.41 Å². The van der Waals surface area contributed by atoms with Crippen molar-refractivity contribution >= 4 is 0 Å². The Bertz CT molecular complexity index is 382. The van der Waals surface area contributed by atoms with Gasteiger partial charge in [-0.15, -0.1) is 0 Å². The van der Waals surface area contributed by atoms with Crippen molar-refractivity contribution in [1.82, 2.24) is 10.2 Å². The Balaban J connectivity index is 2.10. The highest BCUT2D eigenvalue weighted by Crippen LogP contribution is 2.26. The van der Waals surface area contributed by atoms with Gasteiger partial charge in [0.15, 0.2) is 0 Å². The van der Waals surface area contributed by atoms with Crippen LogP contribution >= 0.6 is 0 Å². The molecule has 1 unspecified atom stereocenters. The average molecular weight is 274 g/mol. The lowest BCUT2D eigenvalue weighted by Crippen LogP contribution is -2.48. The van der Waals surface area contributed by atoms with Gasteiger partial charge in [-0.05, 0) is 31.5 Å². The number of nitrogens with zero attached hydrogens (tertiary/aromatic N) is 1. The fourth-order valence-electron chi connectivity index (χ4n) is 3.13. The van der Waals surface area contributed by atoms with Gasteiger partial charge in [-0.1, -0.05) is 57.5 Å². The first-order chi connectivity index (χ1) is 9.60. The van der Waals surface area contributed by atoms with Gasteiger partial charge in [-0.3, -0.25) is 0 Å². The summed E-state index contributed by atoms with van der Waals surface area (Å²) in [6, 6.07) is 11.6. The molecule has 1 saturated heterocycles. The molecule has 0 aromatic heterocycles. The molecule has 20 heavy (non-hydrogen) atoms. The lowest BCUT2D eigenvalue weighted by atomic mass is 9.81. The standard InChI is InChI=1S/C18H30N2/c1-16(2)19-14-18(3,17-10-6-4-7-11-17)15-20-12-8-5-9-13-20/h4,6-7,10-11,16,19H,5,8-9,12-15H2,1-3H3. The molecule has 1 aromatic carbocycles. The molecule has 1 fully saturated rings. The molecule has 0 radical (unpaired) electrons. The van der Waals surface area contributed by atoms with Gasteiger partial charge in [0.1, 0.15) is 0 Å². The second-order valence-corrected chi connectivity index (χ2v) is 6.80. The molecule has 0 bridgehead atoms. The van der Waals surface area contributed by atoms with Crippen LogP contribution in [-0.4, -0.2) is 37.1 Å². The van der Waals surface area contributed by atoms with Gasteiger partial charge in [0.2, 0.25) is 0 Å². The first-order valence-electron chi connectivity index (χ1n) is 8.11. The normalized spacial score (nSPS) is 20.0. The van der Waals surface area contributed by atoms with Gasteiger partial charge in [0, 0.05) is 24.5 Å². The summed E-state index contributed by atoms with van der Waals surface area (Å²) >= 11 is 0. The molecule has 1 heterocycles. The minimum absolute atomic E-state index is 0.197. The van der Waals surface area contributed by atoms with Crippen molar-refractivity contribution < 1.29 is 0 Å². The summed E-state index contributed by atoms with van der Waals surface area (Å²) in [6.07, 6.45) is 4.13. The number of piperidine rings is 1. The molecule has 2 nitrogen and oxygen atoms in total. The third-order valence-electron chi connectivity index (χ3n) is 4.39. The van der Waals surface area contributed by atoms with E-state index in [0.29, 0.717) is 6.04 Å². The highest BCUT2D eigenvalue weighted by Gasteiger charge is 2.29. The quantitative estimate of drug-likeness (QED) is 0.855. The summed E-state index contributed by atoms with van der Waals surface area (Å²) in [4.78, 5) is 2.65. The molecule has 1 atom stereocenters. The van der Waals surface area contributed by atoms with Gasteiger partial charge in [-0.25, -0.2) is 0 Å². The summed E-state index contributed by atoms with van der Waals surface area (Å²) in [7, 11) is 0. The molecule has 1 N–H and O–H groups in total. The number of rotatable bonds is 6. The van der Waals surface area contributed by atoms with Crippen molar-refractivity contribution in [2.75, 3.05) is 26.2 Å². The van der Waals surface area contributed by atoms with Gasteiger partial charge in [0.05, 0.1) is 0 Å². The van der Waals surface area contributed by atoms with Crippen LogP contribution in [0.1, 0.15) is 45.6 Å². The van der Waals surface area contributed by atoms with E-state index in [1.807, 2.05) is 0 Å². The van der Waals surface area contributed by atoms with Crippen LogP contribution in [0.4, 0.5) is 0 Å². The third kappa shape index (κ3) is 4.32. The van der Waals surface area contributed by atoms with Crippen molar-refractivity contribution in [2.45, 2.75) is 51.5 Å². The van der Waals surface area contributed by atoms with Crippen LogP contribution in [0.3, 0.4) is 0 Å². The lowest BCUT2D eigenvalue weighted by molar-refractivity contribution is 0.179. The van der Waals surface area contributed by atoms with Crippen molar-refractivity contribution in [3.63, 3.8) is 0 Å². The Labute approximate surface area is 124 Å². The molecule has 2 rings (SSSR count). The molecular weight excluding hydrogens is 244 g/mol. The highest BCUT2D eigenvalue weighted by molar-refractivity contribution is 5.25. The average Bonchev–Trinajstić information content (AvgIpc) is 2.47. The van der Waals surface area contributed by atoms with Crippen LogP contribution in [0.25, 0.3) is 0 Å². The second kappa shape index (κ2) is 7.24. The zero-order valence-electron chi connectivity index (χ0n) is 13.4. The van der Waals surface area contributed by atoms with Crippen LogP contribution in [0, 0.1) is 0 Å². The van der Waals surface area contributed by atoms with E-state index >= 15 is 0 Å². The smallest absolute Gasteiger partial charge is 0.0177 e. The first kappa shape index (κ1) is 15.5. The van der Waals surface area contributed by atoms with Gasteiger partial charge in [0.25, 0.3) is 0 Å². The Morgan fingerprint density at radius 3 is 2.35 bits per heavy atom. The predicted molar refractivity (Wildman–Crippen MR) is 87.2 cm³/mol. The largest absolute Gasteiger partial charge is 0.314 e. The van der Waals surface area contributed by atoms with Gasteiger partial charge in [-0.2, -0.15) is 0 Å². The van der Waals surface area contributed by atoms with E-state index in [4.69, 9.17) is 0 Å². The van der Waals surface area contributed by atoms with E-state index in [9.17, 15) is 0 Å². The molecule has 1 aliphatic heterocycles. The maximum atomic E-state index is 3.65. The van der Waals surface area contributed by atoms with E-state index in [2.05, 4.69) is 61.3 Å². The van der Waals surface area contributed by atoms with Crippen molar-refractivity contribution in [3.8, 4) is 0 Å². The molecule has 0 aliphatic carbocycles. The molecule has 0 saturated carbocycles. The summed E-state index contributed by atoms with van der Waals surface area (Å²) in [6.45, 7) is 11.6. The monoisotopic (exact) mass is 274 g/mol. The predicted octanol–water partition coefficient (Wildman–Crippen LogP) is 3.43. The van der Waals surface area contributed by atoms with Crippen molar-refractivity contribution in [2.24, 2.45) is 0 Å². The molecule has 2 heteroatoms. The maximum Gasteiger partial charge on any atom is 0.0177 e. The van der Waals surface area contributed by atoms with Crippen LogP contribution in [0.5, 0.6) is 0 Å². The summed E-state index contributed by atoms with van der Waals surface area (Å²) in [5.41, 5.74) is 1.65. The zero-order valence-corrected chi connectivity index (χ0v) is 13.4. The molecule has 112 valence electrons. The number of likely N-dealkylation sites (tertiary alicyclic amines) is 1. The minimum Gasteiger partial charge on any atom is -0.314 e. The van der Waals surface area contributed by atoms with E-state index < -0.39 is 0 Å².